The number of hydrogen-bond acceptors (Lipinski definition) is 2. The summed E-state index contributed by atoms with van der Waals surface area (Å²) >= 11 is 0. The van der Waals surface area contributed by atoms with Gasteiger partial charge in [-0.3, -0.25) is 9.69 Å². The molecule has 1 aliphatic carbocycles. The first-order chi connectivity index (χ1) is 10.6. The monoisotopic (exact) mass is 300 g/mol. The third-order valence-electron chi connectivity index (χ3n) is 5.50. The van der Waals surface area contributed by atoms with Crippen LogP contribution in [0, 0.1) is 19.8 Å². The lowest BCUT2D eigenvalue weighted by Crippen LogP contribution is -2.49. The van der Waals surface area contributed by atoms with E-state index < -0.39 is 0 Å². The smallest absolute Gasteiger partial charge is 0.238 e. The molecule has 1 heterocycles. The lowest BCUT2D eigenvalue weighted by atomic mass is 9.78. The molecule has 0 aromatic heterocycles. The molecule has 1 N–H and O–H groups in total. The molecule has 2 aliphatic rings. The number of carbonyl (C=O) groups excluding carboxylic acids is 1. The van der Waals surface area contributed by atoms with Crippen LogP contribution in [0.5, 0.6) is 0 Å². The van der Waals surface area contributed by atoms with Crippen LogP contribution in [0.3, 0.4) is 0 Å². The van der Waals surface area contributed by atoms with Crippen LogP contribution in [0.15, 0.2) is 18.2 Å². The van der Waals surface area contributed by atoms with E-state index in [1.807, 2.05) is 6.07 Å². The number of hydrogen-bond donors (Lipinski definition) is 1. The van der Waals surface area contributed by atoms with Crippen molar-refractivity contribution < 1.29 is 4.79 Å². The zero-order valence-electron chi connectivity index (χ0n) is 13.9. The summed E-state index contributed by atoms with van der Waals surface area (Å²) in [5, 5.41) is 3.07. The highest BCUT2D eigenvalue weighted by Gasteiger charge is 2.33. The largest absolute Gasteiger partial charge is 0.325 e. The van der Waals surface area contributed by atoms with Gasteiger partial charge in [0.25, 0.3) is 0 Å². The van der Waals surface area contributed by atoms with Crippen molar-refractivity contribution in [3.8, 4) is 0 Å². The Bertz CT molecular complexity index is 538. The van der Waals surface area contributed by atoms with Gasteiger partial charge in [-0.2, -0.15) is 0 Å². The van der Waals surface area contributed by atoms with Crippen molar-refractivity contribution >= 4 is 11.6 Å². The molecule has 3 heteroatoms. The second-order valence-corrected chi connectivity index (χ2v) is 7.07. The van der Waals surface area contributed by atoms with Gasteiger partial charge in [-0.05, 0) is 75.3 Å². The number of anilines is 1. The molecule has 1 amide bonds. The zero-order chi connectivity index (χ0) is 15.5. The van der Waals surface area contributed by atoms with Crippen molar-refractivity contribution in [1.29, 1.82) is 0 Å². The number of rotatable bonds is 3. The average molecular weight is 300 g/mol. The third-order valence-corrected chi connectivity index (χ3v) is 5.50. The van der Waals surface area contributed by atoms with Gasteiger partial charge < -0.3 is 5.32 Å². The van der Waals surface area contributed by atoms with Crippen LogP contribution in [0.1, 0.15) is 49.7 Å². The Kier molecular flexibility index (Phi) is 4.82. The Morgan fingerprint density at radius 1 is 1.14 bits per heavy atom. The van der Waals surface area contributed by atoms with Gasteiger partial charge in [-0.15, -0.1) is 0 Å². The van der Waals surface area contributed by atoms with E-state index in [2.05, 4.69) is 36.2 Å². The summed E-state index contributed by atoms with van der Waals surface area (Å²) in [5.74, 6) is 0.964. The van der Waals surface area contributed by atoms with E-state index in [4.69, 9.17) is 0 Å². The second-order valence-electron chi connectivity index (χ2n) is 7.07. The number of aryl methyl sites for hydroxylation is 2. The molecule has 1 aromatic rings. The maximum absolute atomic E-state index is 12.4. The average Bonchev–Trinajstić information content (AvgIpc) is 2.51. The van der Waals surface area contributed by atoms with Crippen molar-refractivity contribution in [2.24, 2.45) is 5.92 Å². The Hall–Kier alpha value is -1.35. The first-order valence-electron chi connectivity index (χ1n) is 8.74. The van der Waals surface area contributed by atoms with Crippen molar-refractivity contribution in [3.05, 3.63) is 29.3 Å². The van der Waals surface area contributed by atoms with E-state index in [-0.39, 0.29) is 5.91 Å². The predicted molar refractivity (Wildman–Crippen MR) is 91.1 cm³/mol. The number of nitrogens with one attached hydrogen (secondary N) is 1. The number of amides is 1. The van der Waals surface area contributed by atoms with Gasteiger partial charge in [-0.1, -0.05) is 18.9 Å². The molecule has 3 rings (SSSR count). The topological polar surface area (TPSA) is 32.3 Å². The molecule has 0 radical (unpaired) electrons. The minimum Gasteiger partial charge on any atom is -0.325 e. The molecule has 0 bridgehead atoms. The van der Waals surface area contributed by atoms with E-state index in [1.165, 1.54) is 49.7 Å². The van der Waals surface area contributed by atoms with Gasteiger partial charge in [0.15, 0.2) is 0 Å². The number of piperidine rings is 1. The Labute approximate surface area is 134 Å². The Morgan fingerprint density at radius 3 is 2.73 bits per heavy atom. The molecule has 1 aromatic carbocycles. The summed E-state index contributed by atoms with van der Waals surface area (Å²) in [6.07, 6.45) is 7.96. The molecule has 2 atom stereocenters. The molecule has 1 saturated heterocycles. The molecule has 120 valence electrons. The normalized spacial score (nSPS) is 25.5. The molecule has 0 spiro atoms. The van der Waals surface area contributed by atoms with Gasteiger partial charge in [0.05, 0.1) is 6.54 Å². The molecule has 22 heavy (non-hydrogen) atoms. The number of nitrogens with zero attached hydrogens (tertiary/aromatic N) is 1. The number of benzene rings is 1. The molecular weight excluding hydrogens is 272 g/mol. The van der Waals surface area contributed by atoms with Crippen LogP contribution < -0.4 is 5.32 Å². The van der Waals surface area contributed by atoms with Crippen molar-refractivity contribution in [2.75, 3.05) is 18.4 Å². The summed E-state index contributed by atoms with van der Waals surface area (Å²) in [5.41, 5.74) is 3.41. The fourth-order valence-corrected chi connectivity index (χ4v) is 4.13. The van der Waals surface area contributed by atoms with Crippen molar-refractivity contribution in [3.63, 3.8) is 0 Å². The van der Waals surface area contributed by atoms with E-state index in [0.29, 0.717) is 12.6 Å². The van der Waals surface area contributed by atoms with Gasteiger partial charge in [-0.25, -0.2) is 0 Å². The first-order valence-corrected chi connectivity index (χ1v) is 8.74. The minimum atomic E-state index is 0.134. The summed E-state index contributed by atoms with van der Waals surface area (Å²) in [6, 6.07) is 6.78. The van der Waals surface area contributed by atoms with E-state index in [9.17, 15) is 4.79 Å². The van der Waals surface area contributed by atoms with Crippen LogP contribution in [-0.4, -0.2) is 29.9 Å². The number of fused-ring (bicyclic) bond motifs is 1. The van der Waals surface area contributed by atoms with Crippen molar-refractivity contribution in [2.45, 2.75) is 58.4 Å². The molecule has 1 aliphatic heterocycles. The van der Waals surface area contributed by atoms with Gasteiger partial charge in [0, 0.05) is 11.7 Å². The van der Waals surface area contributed by atoms with Gasteiger partial charge in [0.2, 0.25) is 5.91 Å². The summed E-state index contributed by atoms with van der Waals surface area (Å²) in [4.78, 5) is 14.8. The maximum atomic E-state index is 12.4. The minimum absolute atomic E-state index is 0.134. The first kappa shape index (κ1) is 15.5. The summed E-state index contributed by atoms with van der Waals surface area (Å²) < 4.78 is 0. The van der Waals surface area contributed by atoms with Crippen LogP contribution >= 0.6 is 0 Å². The van der Waals surface area contributed by atoms with Crippen LogP contribution in [0.2, 0.25) is 0 Å². The fraction of sp³-hybridized carbons (Fsp3) is 0.632. The molecule has 3 nitrogen and oxygen atoms in total. The summed E-state index contributed by atoms with van der Waals surface area (Å²) in [6.45, 7) is 5.82. The molecule has 2 fully saturated rings. The Balaban J connectivity index is 1.59. The second kappa shape index (κ2) is 6.82. The summed E-state index contributed by atoms with van der Waals surface area (Å²) in [7, 11) is 0. The highest BCUT2D eigenvalue weighted by Crippen LogP contribution is 2.35. The van der Waals surface area contributed by atoms with Crippen LogP contribution in [-0.2, 0) is 4.79 Å². The predicted octanol–water partition coefficient (Wildman–Crippen LogP) is 3.90. The van der Waals surface area contributed by atoms with E-state index >= 15 is 0 Å². The van der Waals surface area contributed by atoms with E-state index in [0.717, 1.165) is 18.2 Å². The van der Waals surface area contributed by atoms with E-state index in [1.54, 1.807) is 0 Å². The zero-order valence-corrected chi connectivity index (χ0v) is 13.9. The fourth-order valence-electron chi connectivity index (χ4n) is 4.13. The standard InChI is InChI=1S/C19H28N2O/c1-14-9-10-17(12-15(14)2)20-19(22)13-21-11-5-7-16-6-3-4-8-18(16)21/h9-10,12,16,18H,3-8,11,13H2,1-2H3,(H,20,22)/t16-,18-/m0/s1. The maximum Gasteiger partial charge on any atom is 0.238 e. The third kappa shape index (κ3) is 3.52. The molecule has 0 unspecified atom stereocenters. The van der Waals surface area contributed by atoms with Crippen LogP contribution in [0.25, 0.3) is 0 Å². The highest BCUT2D eigenvalue weighted by molar-refractivity contribution is 5.92. The Morgan fingerprint density at radius 2 is 1.91 bits per heavy atom. The number of carbonyl (C=O) groups is 1. The highest BCUT2D eigenvalue weighted by atomic mass is 16.2. The quantitative estimate of drug-likeness (QED) is 0.918. The molecular formula is C19H28N2O. The lowest BCUT2D eigenvalue weighted by Gasteiger charge is -2.43. The van der Waals surface area contributed by atoms with Crippen LogP contribution in [0.4, 0.5) is 5.69 Å². The molecule has 1 saturated carbocycles. The van der Waals surface area contributed by atoms with Crippen molar-refractivity contribution in [1.82, 2.24) is 4.90 Å². The van der Waals surface area contributed by atoms with Gasteiger partial charge >= 0.3 is 0 Å². The SMILES string of the molecule is Cc1ccc(NC(=O)CN2CCC[C@@H]3CCCC[C@@H]32)cc1C. The van der Waals surface area contributed by atoms with Gasteiger partial charge in [0.1, 0.15) is 0 Å². The lowest BCUT2D eigenvalue weighted by molar-refractivity contribution is -0.118. The number of likely N-dealkylation sites (tertiary alicyclic amines) is 1.